The summed E-state index contributed by atoms with van der Waals surface area (Å²) in [6.45, 7) is 1.42. The van der Waals surface area contributed by atoms with E-state index in [0.29, 0.717) is 0 Å². The molecule has 6 heteroatoms. The zero-order chi connectivity index (χ0) is 12.3. The molecular weight excluding hydrogens is 225 g/mol. The van der Waals surface area contributed by atoms with Crippen LogP contribution >= 0.6 is 0 Å². The van der Waals surface area contributed by atoms with E-state index in [1.807, 2.05) is 0 Å². The average Bonchev–Trinajstić information content (AvgIpc) is 2.64. The van der Waals surface area contributed by atoms with Gasteiger partial charge in [0, 0.05) is 5.57 Å². The lowest BCUT2D eigenvalue weighted by Crippen LogP contribution is -2.02. The van der Waals surface area contributed by atoms with Crippen LogP contribution in [0.15, 0.2) is 22.1 Å². The zero-order valence-electron chi connectivity index (χ0n) is 8.59. The fraction of sp³-hybridized carbons (Fsp3) is 0.300. The molecule has 16 heavy (non-hydrogen) atoms. The molecule has 0 fully saturated rings. The van der Waals surface area contributed by atoms with Gasteiger partial charge in [-0.05, 0) is 25.1 Å². The Morgan fingerprint density at radius 2 is 2.06 bits per heavy atom. The van der Waals surface area contributed by atoms with Crippen molar-refractivity contribution in [2.24, 2.45) is 0 Å². The molecule has 0 unspecified atom stereocenters. The number of halogens is 3. The van der Waals surface area contributed by atoms with Crippen molar-refractivity contribution in [3.05, 3.63) is 29.2 Å². The van der Waals surface area contributed by atoms with Gasteiger partial charge in [0.2, 0.25) is 5.76 Å². The highest BCUT2D eigenvalue weighted by Crippen LogP contribution is 2.31. The van der Waals surface area contributed by atoms with E-state index in [-0.39, 0.29) is 11.3 Å². The molecule has 0 spiro atoms. The Morgan fingerprint density at radius 1 is 1.44 bits per heavy atom. The van der Waals surface area contributed by atoms with E-state index < -0.39 is 17.9 Å². The minimum Gasteiger partial charge on any atom is -0.466 e. The van der Waals surface area contributed by atoms with Gasteiger partial charge in [0.05, 0.1) is 7.11 Å². The summed E-state index contributed by atoms with van der Waals surface area (Å²) < 4.78 is 45.4. The van der Waals surface area contributed by atoms with Gasteiger partial charge in [0.25, 0.3) is 0 Å². The van der Waals surface area contributed by atoms with Crippen molar-refractivity contribution >= 4 is 12.0 Å². The van der Waals surface area contributed by atoms with Crippen molar-refractivity contribution in [3.63, 3.8) is 0 Å². The van der Waals surface area contributed by atoms with Gasteiger partial charge in [-0.3, -0.25) is 0 Å². The summed E-state index contributed by atoms with van der Waals surface area (Å²) in [5, 5.41) is 0. The number of esters is 1. The van der Waals surface area contributed by atoms with Crippen molar-refractivity contribution < 1.29 is 27.1 Å². The number of hydrogen-bond donors (Lipinski definition) is 0. The van der Waals surface area contributed by atoms with Crippen LogP contribution in [-0.2, 0) is 15.7 Å². The van der Waals surface area contributed by atoms with E-state index in [4.69, 9.17) is 0 Å². The van der Waals surface area contributed by atoms with Crippen LogP contribution < -0.4 is 0 Å². The third-order valence-electron chi connectivity index (χ3n) is 1.77. The van der Waals surface area contributed by atoms with E-state index >= 15 is 0 Å². The molecule has 0 aliphatic carbocycles. The predicted octanol–water partition coefficient (Wildman–Crippen LogP) is 2.87. The number of furan rings is 1. The third-order valence-corrected chi connectivity index (χ3v) is 1.77. The topological polar surface area (TPSA) is 39.4 Å². The molecule has 1 aromatic rings. The van der Waals surface area contributed by atoms with E-state index in [0.717, 1.165) is 12.1 Å². The van der Waals surface area contributed by atoms with Crippen molar-refractivity contribution in [1.82, 2.24) is 0 Å². The van der Waals surface area contributed by atoms with E-state index in [1.54, 1.807) is 0 Å². The third kappa shape index (κ3) is 2.88. The number of ether oxygens (including phenoxy) is 1. The van der Waals surface area contributed by atoms with E-state index in [1.165, 1.54) is 20.1 Å². The molecule has 0 bridgehead atoms. The number of alkyl halides is 3. The highest BCUT2D eigenvalue weighted by Gasteiger charge is 2.34. The SMILES string of the molecule is COC(=O)/C(C)=C/c1ccc(C(F)(F)F)o1. The van der Waals surface area contributed by atoms with Gasteiger partial charge in [-0.15, -0.1) is 0 Å². The van der Waals surface area contributed by atoms with Crippen LogP contribution in [0, 0.1) is 0 Å². The molecule has 0 aliphatic rings. The maximum Gasteiger partial charge on any atom is 0.449 e. The first kappa shape index (κ1) is 12.4. The van der Waals surface area contributed by atoms with Gasteiger partial charge in [-0.2, -0.15) is 13.2 Å². The van der Waals surface area contributed by atoms with Gasteiger partial charge in [-0.1, -0.05) is 0 Å². The normalized spacial score (nSPS) is 12.7. The number of methoxy groups -OCH3 is 1. The van der Waals surface area contributed by atoms with Crippen LogP contribution in [0.25, 0.3) is 6.08 Å². The largest absolute Gasteiger partial charge is 0.466 e. The Balaban J connectivity index is 2.92. The molecule has 0 radical (unpaired) electrons. The molecule has 1 rings (SSSR count). The minimum absolute atomic E-state index is 0.0461. The Kier molecular flexibility index (Phi) is 3.41. The lowest BCUT2D eigenvalue weighted by Gasteiger charge is -2.00. The van der Waals surface area contributed by atoms with Gasteiger partial charge in [0.15, 0.2) is 0 Å². The zero-order valence-corrected chi connectivity index (χ0v) is 8.59. The molecule has 0 aliphatic heterocycles. The van der Waals surface area contributed by atoms with Gasteiger partial charge in [-0.25, -0.2) is 4.79 Å². The second-order valence-corrected chi connectivity index (χ2v) is 3.02. The Bertz CT molecular complexity index is 415. The second kappa shape index (κ2) is 4.42. The first-order chi connectivity index (χ1) is 7.34. The quantitative estimate of drug-likeness (QED) is 0.583. The molecule has 1 heterocycles. The molecule has 0 saturated carbocycles. The molecule has 0 aromatic carbocycles. The molecule has 0 N–H and O–H groups in total. The van der Waals surface area contributed by atoms with Gasteiger partial charge >= 0.3 is 12.1 Å². The molecular formula is C10H9F3O3. The molecule has 1 aromatic heterocycles. The van der Waals surface area contributed by atoms with Crippen LogP contribution in [-0.4, -0.2) is 13.1 Å². The average molecular weight is 234 g/mol. The summed E-state index contributed by atoms with van der Waals surface area (Å²) in [4.78, 5) is 11.0. The summed E-state index contributed by atoms with van der Waals surface area (Å²) in [7, 11) is 1.18. The maximum absolute atomic E-state index is 12.2. The van der Waals surface area contributed by atoms with Crippen molar-refractivity contribution in [2.75, 3.05) is 7.11 Å². The maximum atomic E-state index is 12.2. The van der Waals surface area contributed by atoms with E-state index in [2.05, 4.69) is 9.15 Å². The monoisotopic (exact) mass is 234 g/mol. The minimum atomic E-state index is -4.52. The van der Waals surface area contributed by atoms with Crippen molar-refractivity contribution in [3.8, 4) is 0 Å². The van der Waals surface area contributed by atoms with Crippen LogP contribution in [0.1, 0.15) is 18.4 Å². The number of hydrogen-bond acceptors (Lipinski definition) is 3. The number of rotatable bonds is 2. The van der Waals surface area contributed by atoms with E-state index in [9.17, 15) is 18.0 Å². The van der Waals surface area contributed by atoms with Crippen LogP contribution in [0.4, 0.5) is 13.2 Å². The fourth-order valence-electron chi connectivity index (χ4n) is 1.02. The summed E-state index contributed by atoms with van der Waals surface area (Å²) in [6, 6.07) is 1.94. The number of carbonyl (C=O) groups is 1. The van der Waals surface area contributed by atoms with Gasteiger partial charge in [0.1, 0.15) is 5.76 Å². The highest BCUT2D eigenvalue weighted by molar-refractivity contribution is 5.92. The van der Waals surface area contributed by atoms with Crippen LogP contribution in [0.3, 0.4) is 0 Å². The van der Waals surface area contributed by atoms with Crippen molar-refractivity contribution in [1.29, 1.82) is 0 Å². The lowest BCUT2D eigenvalue weighted by atomic mass is 10.2. The fourth-order valence-corrected chi connectivity index (χ4v) is 1.02. The Morgan fingerprint density at radius 3 is 2.50 bits per heavy atom. The Labute approximate surface area is 89.5 Å². The first-order valence-electron chi connectivity index (χ1n) is 4.28. The molecule has 0 atom stereocenters. The smallest absolute Gasteiger partial charge is 0.449 e. The van der Waals surface area contributed by atoms with Crippen LogP contribution in [0.5, 0.6) is 0 Å². The van der Waals surface area contributed by atoms with Crippen molar-refractivity contribution in [2.45, 2.75) is 13.1 Å². The molecule has 0 saturated heterocycles. The number of carbonyl (C=O) groups excluding carboxylic acids is 1. The molecule has 3 nitrogen and oxygen atoms in total. The molecule has 0 amide bonds. The van der Waals surface area contributed by atoms with Crippen LogP contribution in [0.2, 0.25) is 0 Å². The first-order valence-corrected chi connectivity index (χ1v) is 4.28. The lowest BCUT2D eigenvalue weighted by molar-refractivity contribution is -0.153. The summed E-state index contributed by atoms with van der Waals surface area (Å²) >= 11 is 0. The standard InChI is InChI=1S/C10H9F3O3/c1-6(9(14)15-2)5-7-3-4-8(16-7)10(11,12)13/h3-5H,1-2H3/b6-5+. The highest BCUT2D eigenvalue weighted by atomic mass is 19.4. The molecule has 88 valence electrons. The van der Waals surface area contributed by atoms with Gasteiger partial charge < -0.3 is 9.15 Å². The second-order valence-electron chi connectivity index (χ2n) is 3.02. The predicted molar refractivity (Wildman–Crippen MR) is 49.4 cm³/mol. The summed E-state index contributed by atoms with van der Waals surface area (Å²) in [6.07, 6.45) is -3.34. The Hall–Kier alpha value is -1.72. The summed E-state index contributed by atoms with van der Waals surface area (Å²) in [5.41, 5.74) is 0.158. The summed E-state index contributed by atoms with van der Waals surface area (Å²) in [5.74, 6) is -1.77.